The molecule has 3 heteroatoms. The topological polar surface area (TPSA) is 41.5 Å². The molecule has 2 heterocycles. The van der Waals surface area contributed by atoms with Crippen LogP contribution in [0.4, 0.5) is 0 Å². The average molecular weight is 129 g/mol. The van der Waals surface area contributed by atoms with E-state index < -0.39 is 5.79 Å². The van der Waals surface area contributed by atoms with Gasteiger partial charge in [0.25, 0.3) is 0 Å². The second kappa shape index (κ2) is 1.68. The largest absolute Gasteiger partial charge is 0.365 e. The monoisotopic (exact) mass is 129 g/mol. The molecule has 0 aromatic heterocycles. The van der Waals surface area contributed by atoms with Crippen molar-refractivity contribution in [3.05, 3.63) is 0 Å². The Morgan fingerprint density at radius 1 is 1.56 bits per heavy atom. The van der Waals surface area contributed by atoms with Crippen molar-refractivity contribution < 1.29 is 9.84 Å². The lowest BCUT2D eigenvalue weighted by Crippen LogP contribution is -2.61. The van der Waals surface area contributed by atoms with Gasteiger partial charge in [0.05, 0.1) is 6.61 Å². The Hall–Kier alpha value is -0.120. The molecular formula is C6H11NO2. The summed E-state index contributed by atoms with van der Waals surface area (Å²) in [5.74, 6) is -0.392. The SMILES string of the molecule is OC1(C2CNC2)CCO1. The van der Waals surface area contributed by atoms with E-state index in [0.717, 1.165) is 26.1 Å². The first-order valence-corrected chi connectivity index (χ1v) is 3.38. The summed E-state index contributed by atoms with van der Waals surface area (Å²) in [5, 5.41) is 12.6. The van der Waals surface area contributed by atoms with Gasteiger partial charge in [-0.2, -0.15) is 0 Å². The van der Waals surface area contributed by atoms with E-state index in [4.69, 9.17) is 4.74 Å². The number of hydrogen-bond donors (Lipinski definition) is 2. The lowest BCUT2D eigenvalue weighted by atomic mass is 9.88. The zero-order valence-corrected chi connectivity index (χ0v) is 5.26. The van der Waals surface area contributed by atoms with Crippen LogP contribution < -0.4 is 5.32 Å². The van der Waals surface area contributed by atoms with Crippen LogP contribution in [0.15, 0.2) is 0 Å². The fourth-order valence-corrected chi connectivity index (χ4v) is 1.24. The lowest BCUT2D eigenvalue weighted by Gasteiger charge is -2.47. The molecule has 2 N–H and O–H groups in total. The minimum Gasteiger partial charge on any atom is -0.365 e. The standard InChI is InChI=1S/C6H11NO2/c8-6(1-2-9-6)5-3-7-4-5/h5,7-8H,1-4H2. The Balaban J connectivity index is 1.94. The van der Waals surface area contributed by atoms with E-state index in [-0.39, 0.29) is 0 Å². The fourth-order valence-electron chi connectivity index (χ4n) is 1.24. The Bertz CT molecular complexity index is 118. The summed E-state index contributed by atoms with van der Waals surface area (Å²) in [5.41, 5.74) is 0. The summed E-state index contributed by atoms with van der Waals surface area (Å²) in [6.07, 6.45) is 0.819. The van der Waals surface area contributed by atoms with Crippen LogP contribution in [0.1, 0.15) is 6.42 Å². The van der Waals surface area contributed by atoms with Crippen molar-refractivity contribution in [3.8, 4) is 0 Å². The van der Waals surface area contributed by atoms with Crippen molar-refractivity contribution in [1.29, 1.82) is 0 Å². The van der Waals surface area contributed by atoms with Crippen molar-refractivity contribution in [2.75, 3.05) is 19.7 Å². The van der Waals surface area contributed by atoms with Crippen molar-refractivity contribution in [2.24, 2.45) is 5.92 Å². The molecule has 9 heavy (non-hydrogen) atoms. The highest BCUT2D eigenvalue weighted by Gasteiger charge is 2.46. The first-order valence-electron chi connectivity index (χ1n) is 3.38. The van der Waals surface area contributed by atoms with Gasteiger partial charge in [0, 0.05) is 25.4 Å². The molecule has 2 aliphatic heterocycles. The predicted molar refractivity (Wildman–Crippen MR) is 31.9 cm³/mol. The highest BCUT2D eigenvalue weighted by molar-refractivity contribution is 4.91. The van der Waals surface area contributed by atoms with Gasteiger partial charge < -0.3 is 15.2 Å². The highest BCUT2D eigenvalue weighted by atomic mass is 16.6. The summed E-state index contributed by atoms with van der Waals surface area (Å²) in [6.45, 7) is 2.56. The van der Waals surface area contributed by atoms with E-state index in [9.17, 15) is 5.11 Å². The molecule has 2 fully saturated rings. The predicted octanol–water partition coefficient (Wildman–Crippen LogP) is -0.685. The number of rotatable bonds is 1. The van der Waals surface area contributed by atoms with Crippen LogP contribution in [0.3, 0.4) is 0 Å². The number of aliphatic hydroxyl groups is 1. The van der Waals surface area contributed by atoms with Crippen LogP contribution in [0.2, 0.25) is 0 Å². The van der Waals surface area contributed by atoms with Crippen LogP contribution >= 0.6 is 0 Å². The second-order valence-electron chi connectivity index (χ2n) is 2.80. The maximum Gasteiger partial charge on any atom is 0.172 e. The van der Waals surface area contributed by atoms with E-state index >= 15 is 0 Å². The first-order chi connectivity index (χ1) is 4.31. The molecule has 0 aliphatic carbocycles. The van der Waals surface area contributed by atoms with Gasteiger partial charge in [-0.25, -0.2) is 0 Å². The Labute approximate surface area is 54.0 Å². The van der Waals surface area contributed by atoms with E-state index in [0.29, 0.717) is 5.92 Å². The van der Waals surface area contributed by atoms with Gasteiger partial charge in [-0.1, -0.05) is 0 Å². The Kier molecular flexibility index (Phi) is 1.06. The molecule has 0 aromatic carbocycles. The summed E-state index contributed by atoms with van der Waals surface area (Å²) in [7, 11) is 0. The average Bonchev–Trinajstić information content (AvgIpc) is 1.56. The molecule has 1 atom stereocenters. The molecule has 1 unspecified atom stereocenters. The second-order valence-corrected chi connectivity index (χ2v) is 2.80. The van der Waals surface area contributed by atoms with Gasteiger partial charge in [-0.15, -0.1) is 0 Å². The third kappa shape index (κ3) is 0.689. The van der Waals surface area contributed by atoms with E-state index in [1.165, 1.54) is 0 Å². The number of hydrogen-bond acceptors (Lipinski definition) is 3. The minimum atomic E-state index is -0.745. The molecule has 0 radical (unpaired) electrons. The van der Waals surface area contributed by atoms with Crippen LogP contribution in [-0.4, -0.2) is 30.6 Å². The molecular weight excluding hydrogens is 118 g/mol. The highest BCUT2D eigenvalue weighted by Crippen LogP contribution is 2.33. The molecule has 52 valence electrons. The zero-order valence-electron chi connectivity index (χ0n) is 5.26. The van der Waals surface area contributed by atoms with Crippen molar-refractivity contribution in [2.45, 2.75) is 12.2 Å². The fraction of sp³-hybridized carbons (Fsp3) is 1.00. The van der Waals surface area contributed by atoms with E-state index in [1.54, 1.807) is 0 Å². The summed E-state index contributed by atoms with van der Waals surface area (Å²) in [6, 6.07) is 0. The molecule has 0 saturated carbocycles. The maximum absolute atomic E-state index is 9.47. The quantitative estimate of drug-likeness (QED) is 0.492. The number of nitrogens with one attached hydrogen (secondary N) is 1. The molecule has 2 aliphatic rings. The zero-order chi connectivity index (χ0) is 6.32. The Morgan fingerprint density at radius 3 is 2.33 bits per heavy atom. The summed E-state index contributed by atoms with van der Waals surface area (Å²) < 4.78 is 5.04. The molecule has 2 rings (SSSR count). The van der Waals surface area contributed by atoms with Gasteiger partial charge in [-0.3, -0.25) is 0 Å². The summed E-state index contributed by atoms with van der Waals surface area (Å²) in [4.78, 5) is 0. The normalized spacial score (nSPS) is 43.7. The van der Waals surface area contributed by atoms with Crippen molar-refractivity contribution >= 4 is 0 Å². The molecule has 0 amide bonds. The van der Waals surface area contributed by atoms with Crippen LogP contribution in [0.25, 0.3) is 0 Å². The van der Waals surface area contributed by atoms with Gasteiger partial charge in [0.2, 0.25) is 0 Å². The Morgan fingerprint density at radius 2 is 2.22 bits per heavy atom. The number of ether oxygens (including phenoxy) is 1. The van der Waals surface area contributed by atoms with Gasteiger partial charge in [0.15, 0.2) is 5.79 Å². The molecule has 0 bridgehead atoms. The van der Waals surface area contributed by atoms with Gasteiger partial charge in [0.1, 0.15) is 0 Å². The molecule has 2 saturated heterocycles. The van der Waals surface area contributed by atoms with Crippen LogP contribution in [-0.2, 0) is 4.74 Å². The summed E-state index contributed by atoms with van der Waals surface area (Å²) >= 11 is 0. The maximum atomic E-state index is 9.47. The third-order valence-electron chi connectivity index (χ3n) is 2.23. The van der Waals surface area contributed by atoms with E-state index in [1.807, 2.05) is 0 Å². The lowest BCUT2D eigenvalue weighted by molar-refractivity contribution is -0.316. The van der Waals surface area contributed by atoms with Crippen LogP contribution in [0.5, 0.6) is 0 Å². The van der Waals surface area contributed by atoms with Gasteiger partial charge in [-0.05, 0) is 0 Å². The van der Waals surface area contributed by atoms with Crippen molar-refractivity contribution in [3.63, 3.8) is 0 Å². The smallest absolute Gasteiger partial charge is 0.172 e. The minimum absolute atomic E-state index is 0.353. The molecule has 0 aromatic rings. The molecule has 3 nitrogen and oxygen atoms in total. The van der Waals surface area contributed by atoms with Crippen LogP contribution in [0, 0.1) is 5.92 Å². The van der Waals surface area contributed by atoms with Gasteiger partial charge >= 0.3 is 0 Å². The third-order valence-corrected chi connectivity index (χ3v) is 2.23. The van der Waals surface area contributed by atoms with Crippen molar-refractivity contribution in [1.82, 2.24) is 5.32 Å². The van der Waals surface area contributed by atoms with E-state index in [2.05, 4.69) is 5.32 Å². The molecule has 0 spiro atoms. The first kappa shape index (κ1) is 5.65.